The highest BCUT2D eigenvalue weighted by Gasteiger charge is 2.64. The summed E-state index contributed by atoms with van der Waals surface area (Å²) in [6, 6.07) is 4.18. The number of carbonyl (C=O) groups excluding carboxylic acids is 3. The number of methoxy groups -OCH3 is 1. The van der Waals surface area contributed by atoms with E-state index in [9.17, 15) is 29.7 Å². The van der Waals surface area contributed by atoms with E-state index in [2.05, 4.69) is 0 Å². The van der Waals surface area contributed by atoms with Crippen molar-refractivity contribution < 1.29 is 34.4 Å². The van der Waals surface area contributed by atoms with Crippen molar-refractivity contribution in [1.29, 1.82) is 0 Å². The largest absolute Gasteiger partial charge is 0.508 e. The van der Waals surface area contributed by atoms with Gasteiger partial charge in [0.15, 0.2) is 11.4 Å². The Labute approximate surface area is 190 Å². The molecule has 3 aliphatic carbocycles. The molecule has 0 spiro atoms. The Hall–Kier alpha value is -2.88. The van der Waals surface area contributed by atoms with Crippen molar-refractivity contribution in [2.24, 2.45) is 17.6 Å². The number of primary amides is 1. The number of halogens is 1. The fourth-order valence-electron chi connectivity index (χ4n) is 5.34. The van der Waals surface area contributed by atoms with Crippen LogP contribution in [-0.2, 0) is 20.8 Å². The van der Waals surface area contributed by atoms with E-state index in [0.717, 1.165) is 5.56 Å². The van der Waals surface area contributed by atoms with Crippen LogP contribution >= 0.6 is 12.4 Å². The van der Waals surface area contributed by atoms with Crippen LogP contribution in [0.15, 0.2) is 35.1 Å². The Bertz CT molecular complexity index is 1090. The summed E-state index contributed by atoms with van der Waals surface area (Å²) in [6.07, 6.45) is 0.509. The average Bonchev–Trinajstić information content (AvgIpc) is 2.69. The molecular weight excluding hydrogens is 440 g/mol. The number of benzene rings is 1. The van der Waals surface area contributed by atoms with Gasteiger partial charge in [0.1, 0.15) is 22.8 Å². The van der Waals surface area contributed by atoms with Gasteiger partial charge in [0, 0.05) is 11.5 Å². The van der Waals surface area contributed by atoms with Gasteiger partial charge in [-0.3, -0.25) is 19.3 Å². The lowest BCUT2D eigenvalue weighted by Crippen LogP contribution is -2.65. The summed E-state index contributed by atoms with van der Waals surface area (Å²) in [4.78, 5) is 40.0. The number of rotatable bonds is 3. The molecule has 1 aromatic carbocycles. The number of hydrogen-bond acceptors (Lipinski definition) is 8. The number of fused-ring (bicyclic) bond motifs is 3. The Morgan fingerprint density at radius 2 is 1.91 bits per heavy atom. The lowest BCUT2D eigenvalue weighted by molar-refractivity contribution is -0.153. The smallest absolute Gasteiger partial charge is 0.255 e. The van der Waals surface area contributed by atoms with Gasteiger partial charge in [0.05, 0.1) is 18.7 Å². The monoisotopic (exact) mass is 464 g/mol. The highest BCUT2D eigenvalue weighted by Crippen LogP contribution is 2.52. The molecule has 3 aliphatic rings. The minimum atomic E-state index is -2.56. The maximum absolute atomic E-state index is 13.6. The Morgan fingerprint density at radius 1 is 1.25 bits per heavy atom. The van der Waals surface area contributed by atoms with E-state index in [1.807, 2.05) is 6.07 Å². The topological polar surface area (TPSA) is 150 Å². The van der Waals surface area contributed by atoms with Gasteiger partial charge >= 0.3 is 0 Å². The van der Waals surface area contributed by atoms with Crippen LogP contribution in [0.25, 0.3) is 5.76 Å². The molecule has 1 saturated carbocycles. The fraction of sp³-hybridized carbons (Fsp3) is 0.409. The first-order valence-electron chi connectivity index (χ1n) is 9.86. The SMILES string of the molecule is COc1cccc2c1C(O)=C1C(=O)C3(O)C(O)=C(C(N)=O)C(=O)C(N(C)C)C3CC1C2.Cl. The van der Waals surface area contributed by atoms with E-state index in [-0.39, 0.29) is 30.2 Å². The van der Waals surface area contributed by atoms with Gasteiger partial charge < -0.3 is 25.8 Å². The number of likely N-dealkylation sites (N-methyl/N-ethyl adjacent to an activating group) is 1. The maximum atomic E-state index is 13.6. The van der Waals surface area contributed by atoms with Gasteiger partial charge in [-0.2, -0.15) is 0 Å². The summed E-state index contributed by atoms with van der Waals surface area (Å²) in [5.74, 6) is -5.47. The second kappa shape index (κ2) is 7.91. The van der Waals surface area contributed by atoms with E-state index in [1.165, 1.54) is 12.0 Å². The number of aliphatic hydroxyl groups is 3. The number of nitrogens with two attached hydrogens (primary N) is 1. The highest BCUT2D eigenvalue weighted by molar-refractivity contribution is 6.24. The molecule has 172 valence electrons. The summed E-state index contributed by atoms with van der Waals surface area (Å²) < 4.78 is 5.32. The van der Waals surface area contributed by atoms with Gasteiger partial charge in [-0.15, -0.1) is 12.4 Å². The first-order valence-corrected chi connectivity index (χ1v) is 9.86. The molecule has 1 aromatic rings. The van der Waals surface area contributed by atoms with E-state index in [4.69, 9.17) is 10.5 Å². The van der Waals surface area contributed by atoms with Crippen LogP contribution < -0.4 is 10.5 Å². The van der Waals surface area contributed by atoms with Crippen molar-refractivity contribution in [2.45, 2.75) is 24.5 Å². The average molecular weight is 465 g/mol. The quantitative estimate of drug-likeness (QED) is 0.477. The number of ketones is 2. The molecule has 32 heavy (non-hydrogen) atoms. The van der Waals surface area contributed by atoms with Crippen molar-refractivity contribution in [3.8, 4) is 5.75 Å². The third kappa shape index (κ3) is 2.96. The number of Topliss-reactive ketones (excluding diaryl/α,β-unsaturated/α-hetero) is 2. The number of hydrogen-bond donors (Lipinski definition) is 4. The summed E-state index contributed by atoms with van der Waals surface area (Å²) in [5, 5.41) is 33.3. The Balaban J connectivity index is 0.00000289. The third-order valence-corrected chi connectivity index (χ3v) is 6.66. The maximum Gasteiger partial charge on any atom is 0.255 e. The van der Waals surface area contributed by atoms with Crippen LogP contribution in [-0.4, -0.2) is 70.5 Å². The fourth-order valence-corrected chi connectivity index (χ4v) is 5.34. The van der Waals surface area contributed by atoms with Crippen molar-refractivity contribution >= 4 is 35.6 Å². The normalized spacial score (nSPS) is 29.2. The minimum absolute atomic E-state index is 0. The lowest BCUT2D eigenvalue weighted by Gasteiger charge is -2.50. The number of ether oxygens (including phenoxy) is 1. The number of carbonyl (C=O) groups is 3. The summed E-state index contributed by atoms with van der Waals surface area (Å²) in [6.45, 7) is 0. The molecule has 4 rings (SSSR count). The van der Waals surface area contributed by atoms with Gasteiger partial charge in [-0.1, -0.05) is 12.1 Å². The van der Waals surface area contributed by atoms with Crippen molar-refractivity contribution in [3.05, 3.63) is 46.2 Å². The summed E-state index contributed by atoms with van der Waals surface area (Å²) >= 11 is 0. The van der Waals surface area contributed by atoms with Crippen molar-refractivity contribution in [2.75, 3.05) is 21.2 Å². The van der Waals surface area contributed by atoms with E-state index in [0.29, 0.717) is 17.7 Å². The van der Waals surface area contributed by atoms with Crippen LogP contribution in [0.2, 0.25) is 0 Å². The van der Waals surface area contributed by atoms with Crippen LogP contribution in [0.5, 0.6) is 5.75 Å². The molecule has 5 N–H and O–H groups in total. The molecule has 0 aliphatic heterocycles. The number of aliphatic hydroxyl groups excluding tert-OH is 2. The molecule has 4 unspecified atom stereocenters. The molecule has 0 saturated heterocycles. The molecule has 4 atom stereocenters. The van der Waals surface area contributed by atoms with Crippen molar-refractivity contribution in [3.63, 3.8) is 0 Å². The minimum Gasteiger partial charge on any atom is -0.508 e. The number of amides is 1. The van der Waals surface area contributed by atoms with Crippen LogP contribution in [0.3, 0.4) is 0 Å². The first-order chi connectivity index (χ1) is 14.5. The number of nitrogens with zero attached hydrogens (tertiary/aromatic N) is 1. The zero-order valence-corrected chi connectivity index (χ0v) is 18.6. The molecule has 0 radical (unpaired) electrons. The molecule has 10 heteroatoms. The van der Waals surface area contributed by atoms with E-state index < -0.39 is 52.3 Å². The molecule has 1 amide bonds. The molecule has 1 fully saturated rings. The zero-order chi connectivity index (χ0) is 22.8. The van der Waals surface area contributed by atoms with E-state index >= 15 is 0 Å². The molecule has 0 heterocycles. The Morgan fingerprint density at radius 3 is 2.47 bits per heavy atom. The molecule has 0 aromatic heterocycles. The molecule has 0 bridgehead atoms. The summed E-state index contributed by atoms with van der Waals surface area (Å²) in [5.41, 5.74) is 3.00. The van der Waals surface area contributed by atoms with Crippen LogP contribution in [0.4, 0.5) is 0 Å². The second-order valence-corrected chi connectivity index (χ2v) is 8.46. The Kier molecular flexibility index (Phi) is 5.88. The van der Waals surface area contributed by atoms with Gasteiger partial charge in [0.25, 0.3) is 5.91 Å². The van der Waals surface area contributed by atoms with Gasteiger partial charge in [-0.05, 0) is 44.5 Å². The van der Waals surface area contributed by atoms with Crippen molar-refractivity contribution in [1.82, 2.24) is 4.90 Å². The van der Waals surface area contributed by atoms with Crippen LogP contribution in [0, 0.1) is 11.8 Å². The standard InChI is InChI=1S/C22H24N2O7.ClH/c1-24(2)16-11-8-10-7-9-5-4-6-12(31-3)13(9)17(25)14(10)19(27)22(11,30)20(28)15(18(16)26)21(23)29;/h4-6,10-11,16,25,28,30H,7-8H2,1-3H3,(H2,23,29);1H. The van der Waals surface area contributed by atoms with Crippen LogP contribution in [0.1, 0.15) is 17.5 Å². The first kappa shape index (κ1) is 23.8. The predicted octanol–water partition coefficient (Wildman–Crippen LogP) is 0.689. The molecular formula is C22H25ClN2O7. The van der Waals surface area contributed by atoms with Gasteiger partial charge in [-0.25, -0.2) is 0 Å². The van der Waals surface area contributed by atoms with E-state index in [1.54, 1.807) is 26.2 Å². The zero-order valence-electron chi connectivity index (χ0n) is 17.8. The second-order valence-electron chi connectivity index (χ2n) is 8.46. The predicted molar refractivity (Wildman–Crippen MR) is 116 cm³/mol. The van der Waals surface area contributed by atoms with Gasteiger partial charge in [0.2, 0.25) is 5.78 Å². The highest BCUT2D eigenvalue weighted by atomic mass is 35.5. The third-order valence-electron chi connectivity index (χ3n) is 6.66. The molecule has 9 nitrogen and oxygen atoms in total. The summed E-state index contributed by atoms with van der Waals surface area (Å²) in [7, 11) is 4.60. The lowest BCUT2D eigenvalue weighted by atomic mass is 9.57.